The van der Waals surface area contributed by atoms with Crippen LogP contribution in [-0.4, -0.2) is 268 Å². The van der Waals surface area contributed by atoms with Gasteiger partial charge in [0.2, 0.25) is 0 Å². The van der Waals surface area contributed by atoms with Crippen LogP contribution in [0.2, 0.25) is 36.3 Å². The van der Waals surface area contributed by atoms with Crippen molar-refractivity contribution in [3.63, 3.8) is 0 Å². The lowest BCUT2D eigenvalue weighted by molar-refractivity contribution is -0.169. The highest BCUT2D eigenvalue weighted by molar-refractivity contribution is 6.74. The van der Waals surface area contributed by atoms with Gasteiger partial charge in [0.1, 0.15) is 100 Å². The predicted octanol–water partition coefficient (Wildman–Crippen LogP) is 9.49. The molecule has 7 aromatic rings. The van der Waals surface area contributed by atoms with E-state index in [2.05, 4.69) is 122 Å². The van der Waals surface area contributed by atoms with Crippen molar-refractivity contribution in [1.29, 1.82) is 0 Å². The van der Waals surface area contributed by atoms with E-state index in [9.17, 15) is 81.8 Å². The highest BCUT2D eigenvalue weighted by Gasteiger charge is 2.55. The predicted molar refractivity (Wildman–Crippen MR) is 513 cm³/mol. The fourth-order valence-corrected chi connectivity index (χ4v) is 14.6. The van der Waals surface area contributed by atoms with E-state index >= 15 is 0 Å². The summed E-state index contributed by atoms with van der Waals surface area (Å²) in [7, 11) is -0.496. The van der Waals surface area contributed by atoms with E-state index in [-0.39, 0.29) is 223 Å². The normalized spacial score (nSPS) is 19.1. The number of nitrogens with zero attached hydrogens (tertiary/aromatic N) is 14. The highest BCUT2D eigenvalue weighted by atomic mass is 28.4. The lowest BCUT2D eigenvalue weighted by Gasteiger charge is -2.37. The maximum atomic E-state index is 12.8. The monoisotopic (exact) mass is 2000 g/mol. The van der Waals surface area contributed by atoms with Gasteiger partial charge in [-0.15, -0.1) is 0 Å². The lowest BCUT2D eigenvalue weighted by Crippen LogP contribution is -2.46. The van der Waals surface area contributed by atoms with Crippen molar-refractivity contribution in [2.45, 2.75) is 332 Å². The number of aliphatic hydroxyl groups excluding tert-OH is 1. The number of ketones is 8. The molecule has 12 atom stereocenters. The molecule has 0 amide bonds. The Morgan fingerprint density at radius 3 is 0.807 bits per heavy atom. The van der Waals surface area contributed by atoms with Crippen molar-refractivity contribution in [2.75, 3.05) is 56.0 Å². The van der Waals surface area contributed by atoms with Crippen LogP contribution in [0.1, 0.15) is 241 Å². The average Bonchev–Trinajstić information content (AvgIpc) is 1.62. The topological polar surface area (TPSA) is 629 Å². The summed E-state index contributed by atoms with van der Waals surface area (Å²) in [6.07, 6.45) is -2.13. The van der Waals surface area contributed by atoms with Crippen LogP contribution in [0.15, 0.2) is 62.5 Å². The van der Waals surface area contributed by atoms with Crippen LogP contribution in [0.3, 0.4) is 0 Å². The molecule has 0 spiro atoms. The van der Waals surface area contributed by atoms with E-state index in [1.165, 1.54) is 104 Å². The van der Waals surface area contributed by atoms with E-state index in [1.807, 2.05) is 31.1 Å². The van der Waals surface area contributed by atoms with E-state index < -0.39 is 145 Å². The van der Waals surface area contributed by atoms with Crippen molar-refractivity contribution >= 4 is 167 Å². The molecule has 0 aromatic carbocycles. The summed E-state index contributed by atoms with van der Waals surface area (Å²) in [5, 5.41) is 9.63. The Balaban J connectivity index is 0.000000478. The molecule has 10 heterocycles. The zero-order valence-corrected chi connectivity index (χ0v) is 83.0. The molecule has 7 N–H and O–H groups in total. The van der Waals surface area contributed by atoms with Gasteiger partial charge in [0.15, 0.2) is 106 Å². The third-order valence-corrected chi connectivity index (χ3v) is 31.3. The number of esters is 8. The Hall–Kier alpha value is -12.5. The molecule has 0 saturated carbocycles. The van der Waals surface area contributed by atoms with Crippen molar-refractivity contribution in [2.24, 2.45) is 0 Å². The van der Waals surface area contributed by atoms with Gasteiger partial charge in [-0.2, -0.15) is 0 Å². The maximum Gasteiger partial charge on any atom is 0.313 e. The first-order valence-corrected chi connectivity index (χ1v) is 50.0. The summed E-state index contributed by atoms with van der Waals surface area (Å²) in [6, 6.07) is 3.94. The van der Waals surface area contributed by atoms with Crippen molar-refractivity contribution < 1.29 is 138 Å². The summed E-state index contributed by atoms with van der Waals surface area (Å²) < 4.78 is 74.6. The van der Waals surface area contributed by atoms with Gasteiger partial charge in [-0.05, 0) is 104 Å². The van der Waals surface area contributed by atoms with Crippen molar-refractivity contribution in [3.05, 3.63) is 62.5 Å². The molecular formula is C92H139N17O29Si2. The number of hydrogen-bond donors (Lipinski definition) is 4. The third kappa shape index (κ3) is 37.3. The summed E-state index contributed by atoms with van der Waals surface area (Å²) in [5.74, 6) is -6.39. The summed E-state index contributed by atoms with van der Waals surface area (Å²) in [6.45, 7) is 31.4. The molecule has 7 aromatic heterocycles. The zero-order valence-electron chi connectivity index (χ0n) is 81.0. The van der Waals surface area contributed by atoms with Crippen LogP contribution in [0, 0.1) is 0 Å². The summed E-state index contributed by atoms with van der Waals surface area (Å²) in [4.78, 5) is 230. The molecule has 140 heavy (non-hydrogen) atoms. The smallest absolute Gasteiger partial charge is 0.313 e. The number of carbonyl (C=O) groups excluding carboxylic acids is 16. The molecule has 6 unspecified atom stereocenters. The maximum absolute atomic E-state index is 12.8. The molecule has 46 nitrogen and oxygen atoms in total. The van der Waals surface area contributed by atoms with E-state index in [0.717, 1.165) is 0 Å². The Labute approximate surface area is 815 Å². The minimum Gasteiger partial charge on any atom is -0.455 e. The molecule has 3 aliphatic heterocycles. The number of fused-ring (bicyclic) bond motifs is 3. The quantitative estimate of drug-likeness (QED) is 0.0120. The number of hydrogen-bond acceptors (Lipinski definition) is 43. The molecule has 0 aliphatic carbocycles. The highest BCUT2D eigenvalue weighted by Crippen LogP contribution is 2.44. The molecule has 0 bridgehead atoms. The van der Waals surface area contributed by atoms with Crippen LogP contribution < -0.4 is 22.1 Å². The molecule has 3 fully saturated rings. The van der Waals surface area contributed by atoms with E-state index in [1.54, 1.807) is 21.5 Å². The van der Waals surface area contributed by atoms with Gasteiger partial charge >= 0.3 is 47.8 Å². The molecular weight excluding hydrogens is 1860 g/mol. The standard InChI is InChI=1S/2C26H39N5O8Si.C20H25N5O8.C10H14O5.C7H10N2.3CH4/c2*1-15(32)8-10-18(34)38-21-17(12-36-40(6,7)26(3,4)5)37-25(22(21)39-19(35)11-9-16(2)33)31-14-30-20-23(27)28-13-29-24(20)31;1-10(27)3-5-13(29)32-16-12(7-26)31-20(17(16)33-14(30)6-4-11(2)28)25-9-24-15-18(21)22-8-23-19(15)25;1-7(11)3-5-9(13)15-10(14)6-4-8(2)12;1-9(2)7-3-5-8-6-4-7;;;/h2*13-14,17,21-22,25H,8-12H2,1-7H3,(H2,27,28,29);8-9,12,16-17,20,26H,3-7H2,1-2H3,(H2,21,22,23);3-6H2,1-2H3;3-6H,1-2H3;3*1H4/t2*17?,21-,22+,25?;12?,16-,17+,20?;;;;;/m111...../s1. The number of imidazole rings is 3. The van der Waals surface area contributed by atoms with Crippen LogP contribution in [0.5, 0.6) is 0 Å². The van der Waals surface area contributed by atoms with Gasteiger partial charge in [0, 0.05) is 83.5 Å². The minimum absolute atomic E-state index is 0. The second-order valence-corrected chi connectivity index (χ2v) is 45.7. The number of rotatable bonds is 41. The number of carbonyl (C=O) groups is 16. The summed E-state index contributed by atoms with van der Waals surface area (Å²) >= 11 is 0. The number of ether oxygens (including phenoxy) is 10. The number of aromatic nitrogens is 13. The fourth-order valence-electron chi connectivity index (χ4n) is 12.6. The SMILES string of the molecule is C.C.C.CC(=O)CCC(=O)OC(=O)CCC(C)=O.CC(=O)CCC(=O)O[C@@H]1C(CO)OC(n2cnc3c(N)ncnc32)[C@H]1OC(=O)CCC(C)=O.CC(=O)CCC(=O)O[C@@H]1C(CO[Si](C)(C)C(C)(C)C)OC(n2cnc3c(N)ncnc32)[C@H]1OC(=O)CCC(C)=O.CC(=O)CCC(=O)O[C@@H]1C(CO[Si](C)(C)C(C)(C)C)OC(n2cnc3c(N)ncnc32)[C@H]1OC(=O)CCC(C)=O.CN(C)c1ccncc1. The molecule has 0 radical (unpaired) electrons. The van der Waals surface area contributed by atoms with Crippen molar-refractivity contribution in [3.8, 4) is 0 Å². The molecule has 48 heteroatoms. The second kappa shape index (κ2) is 56.1. The van der Waals surface area contributed by atoms with E-state index in [4.69, 9.17) is 68.7 Å². The number of anilines is 4. The van der Waals surface area contributed by atoms with Crippen LogP contribution >= 0.6 is 0 Å². The zero-order chi connectivity index (χ0) is 102. The Kier molecular flexibility index (Phi) is 48.7. The summed E-state index contributed by atoms with van der Waals surface area (Å²) in [5.41, 5.74) is 20.8. The first-order valence-electron chi connectivity index (χ1n) is 44.2. The van der Waals surface area contributed by atoms with Crippen LogP contribution in [-0.2, 0) is 133 Å². The van der Waals surface area contributed by atoms with Crippen LogP contribution in [0.4, 0.5) is 23.1 Å². The number of pyridine rings is 1. The largest absolute Gasteiger partial charge is 0.455 e. The Bertz CT molecular complexity index is 5190. The van der Waals surface area contributed by atoms with E-state index in [0.29, 0.717) is 22.3 Å². The Morgan fingerprint density at radius 1 is 0.357 bits per heavy atom. The third-order valence-electron chi connectivity index (χ3n) is 22.3. The average molecular weight is 2000 g/mol. The van der Waals surface area contributed by atoms with Gasteiger partial charge < -0.3 is 122 Å². The first kappa shape index (κ1) is 122. The number of nitrogens with two attached hydrogens (primary N) is 3. The molecule has 10 rings (SSSR count). The van der Waals surface area contributed by atoms with Crippen LogP contribution in [0.25, 0.3) is 33.5 Å². The molecule has 774 valence electrons. The van der Waals surface area contributed by atoms with Gasteiger partial charge in [-0.3, -0.25) is 57.0 Å². The van der Waals surface area contributed by atoms with Crippen molar-refractivity contribution in [1.82, 2.24) is 63.5 Å². The minimum atomic E-state index is -2.26. The molecule has 3 aliphatic rings. The number of nitrogen functional groups attached to an aromatic ring is 3. The van der Waals surface area contributed by atoms with Gasteiger partial charge in [-0.1, -0.05) is 63.8 Å². The number of Topliss-reactive ketones (excluding diaryl/α,β-unsaturated/α-hetero) is 8. The van der Waals surface area contributed by atoms with Gasteiger partial charge in [0.25, 0.3) is 0 Å². The second-order valence-electron chi connectivity index (χ2n) is 36.1. The number of aliphatic hydroxyl groups is 1. The lowest BCUT2D eigenvalue weighted by atomic mass is 10.1. The van der Waals surface area contributed by atoms with Gasteiger partial charge in [0.05, 0.1) is 90.2 Å². The molecule has 3 saturated heterocycles. The Morgan fingerprint density at radius 2 is 0.586 bits per heavy atom. The fraction of sp³-hybridized carbons (Fsp3) is 0.609. The van der Waals surface area contributed by atoms with Gasteiger partial charge in [-0.25, -0.2) is 44.9 Å². The first-order chi connectivity index (χ1) is 64.1.